The van der Waals surface area contributed by atoms with Crippen LogP contribution in [0.25, 0.3) is 0 Å². The number of thioether (sulfide) groups is 2. The number of hydrogen-bond donors (Lipinski definition) is 0. The van der Waals surface area contributed by atoms with E-state index in [2.05, 4.69) is 48.5 Å². The van der Waals surface area contributed by atoms with E-state index in [4.69, 9.17) is 0 Å². The average Bonchev–Trinajstić information content (AvgIpc) is 2.84. The molecule has 0 N–H and O–H groups in total. The van der Waals surface area contributed by atoms with Gasteiger partial charge in [0.2, 0.25) is 0 Å². The topological polar surface area (TPSA) is 34.1 Å². The lowest BCUT2D eigenvalue weighted by atomic mass is 10.1. The highest BCUT2D eigenvalue weighted by atomic mass is 32.2. The number of carbonyl (C=O) groups excluding carboxylic acids is 2. The zero-order valence-electron chi connectivity index (χ0n) is 23.8. The second-order valence-corrected chi connectivity index (χ2v) is 12.4. The van der Waals surface area contributed by atoms with Crippen molar-refractivity contribution in [1.29, 1.82) is 0 Å². The number of rotatable bonds is 22. The highest BCUT2D eigenvalue weighted by molar-refractivity contribution is 8.13. The van der Waals surface area contributed by atoms with Crippen LogP contribution >= 0.6 is 23.5 Å². The molecule has 0 aromatic rings. The summed E-state index contributed by atoms with van der Waals surface area (Å²) in [4.78, 5) is 24.9. The van der Waals surface area contributed by atoms with Crippen LogP contribution in [0, 0.1) is 5.92 Å². The summed E-state index contributed by atoms with van der Waals surface area (Å²) in [5.74, 6) is 2.01. The van der Waals surface area contributed by atoms with Crippen molar-refractivity contribution in [2.45, 2.75) is 99.8 Å². The first-order valence-electron chi connectivity index (χ1n) is 14.3. The monoisotopic (exact) mass is 518 g/mol. The maximum absolute atomic E-state index is 12.8. The molecule has 0 aromatic heterocycles. The lowest BCUT2D eigenvalue weighted by Gasteiger charge is -2.39. The third-order valence-corrected chi connectivity index (χ3v) is 9.73. The molecular formula is C28H58N2O2S2+2. The molecule has 0 aromatic carbocycles. The van der Waals surface area contributed by atoms with Gasteiger partial charge >= 0.3 is 0 Å². The Bertz CT molecular complexity index is 532. The quantitative estimate of drug-likeness (QED) is 0.144. The molecule has 4 nitrogen and oxygen atoms in total. The Hall–Kier alpha value is -0.0400. The van der Waals surface area contributed by atoms with Gasteiger partial charge in [0, 0.05) is 12.3 Å². The van der Waals surface area contributed by atoms with Gasteiger partial charge in [-0.15, -0.1) is 0 Å². The van der Waals surface area contributed by atoms with Gasteiger partial charge in [-0.25, -0.2) is 0 Å². The lowest BCUT2D eigenvalue weighted by molar-refractivity contribution is -0.926. The number of carbonyl (C=O) groups is 2. The van der Waals surface area contributed by atoms with Crippen molar-refractivity contribution < 1.29 is 18.6 Å². The summed E-state index contributed by atoms with van der Waals surface area (Å²) in [7, 11) is 0. The Morgan fingerprint density at radius 2 is 1.21 bits per heavy atom. The minimum absolute atomic E-state index is 0.136. The standard InChI is InChI=1S/C28H58N2O2S2/c1-8-14-18-27(31)33-24-23-30(19-10-3,20-15-9-2)21-16-17-26(7)28(32)34-25-22-29(11-4,12-5)13-6/h26H,8-25H2,1-7H3/q+2. The van der Waals surface area contributed by atoms with E-state index >= 15 is 0 Å². The summed E-state index contributed by atoms with van der Waals surface area (Å²) < 4.78 is 2.23. The van der Waals surface area contributed by atoms with Crippen molar-refractivity contribution in [3.8, 4) is 0 Å². The number of hydrogen-bond acceptors (Lipinski definition) is 4. The van der Waals surface area contributed by atoms with Crippen LogP contribution in [0.5, 0.6) is 0 Å². The summed E-state index contributed by atoms with van der Waals surface area (Å²) >= 11 is 3.11. The van der Waals surface area contributed by atoms with E-state index in [1.807, 2.05) is 0 Å². The molecule has 0 aliphatic rings. The second kappa shape index (κ2) is 20.1. The van der Waals surface area contributed by atoms with Crippen LogP contribution in [-0.2, 0) is 9.59 Å². The zero-order valence-corrected chi connectivity index (χ0v) is 25.5. The minimum Gasteiger partial charge on any atom is -0.324 e. The van der Waals surface area contributed by atoms with Crippen molar-refractivity contribution in [1.82, 2.24) is 0 Å². The van der Waals surface area contributed by atoms with Crippen LogP contribution < -0.4 is 0 Å². The van der Waals surface area contributed by atoms with Gasteiger partial charge in [-0.1, -0.05) is 64.1 Å². The number of unbranched alkanes of at least 4 members (excludes halogenated alkanes) is 2. The molecule has 0 aliphatic heterocycles. The first-order valence-corrected chi connectivity index (χ1v) is 16.3. The van der Waals surface area contributed by atoms with Gasteiger partial charge in [-0.05, 0) is 52.9 Å². The molecule has 0 bridgehead atoms. The van der Waals surface area contributed by atoms with Crippen LogP contribution in [0.3, 0.4) is 0 Å². The van der Waals surface area contributed by atoms with Gasteiger partial charge in [0.1, 0.15) is 0 Å². The fraction of sp³-hybridized carbons (Fsp3) is 0.929. The summed E-state index contributed by atoms with van der Waals surface area (Å²) in [6.07, 6.45) is 8.53. The molecule has 34 heavy (non-hydrogen) atoms. The molecule has 0 heterocycles. The maximum Gasteiger partial charge on any atom is 0.191 e. The van der Waals surface area contributed by atoms with E-state index in [0.29, 0.717) is 10.2 Å². The highest BCUT2D eigenvalue weighted by Gasteiger charge is 2.27. The van der Waals surface area contributed by atoms with Crippen LogP contribution in [0.15, 0.2) is 0 Å². The maximum atomic E-state index is 12.8. The van der Waals surface area contributed by atoms with Crippen molar-refractivity contribution in [3.05, 3.63) is 0 Å². The van der Waals surface area contributed by atoms with Crippen molar-refractivity contribution in [2.75, 3.05) is 63.9 Å². The Morgan fingerprint density at radius 3 is 1.76 bits per heavy atom. The third-order valence-electron chi connectivity index (χ3n) is 7.74. The van der Waals surface area contributed by atoms with E-state index in [-0.39, 0.29) is 5.92 Å². The van der Waals surface area contributed by atoms with E-state index in [1.165, 1.54) is 32.4 Å². The van der Waals surface area contributed by atoms with Crippen LogP contribution in [0.2, 0.25) is 0 Å². The largest absolute Gasteiger partial charge is 0.324 e. The summed E-state index contributed by atoms with van der Waals surface area (Å²) in [6, 6.07) is 0. The molecule has 202 valence electrons. The van der Waals surface area contributed by atoms with Gasteiger partial charge in [0.25, 0.3) is 0 Å². The first kappa shape index (κ1) is 34.0. The second-order valence-electron chi connectivity index (χ2n) is 10.1. The Labute approximate surface area is 221 Å². The van der Waals surface area contributed by atoms with Gasteiger partial charge in [-0.3, -0.25) is 9.59 Å². The Balaban J connectivity index is 4.73. The van der Waals surface area contributed by atoms with Crippen molar-refractivity contribution in [3.63, 3.8) is 0 Å². The van der Waals surface area contributed by atoms with E-state index < -0.39 is 0 Å². The molecule has 0 aliphatic carbocycles. The summed E-state index contributed by atoms with van der Waals surface area (Å²) in [5, 5.41) is 0.737. The highest BCUT2D eigenvalue weighted by Crippen LogP contribution is 2.21. The molecule has 0 saturated heterocycles. The summed E-state index contributed by atoms with van der Waals surface area (Å²) in [5.41, 5.74) is 0. The molecule has 0 amide bonds. The molecule has 0 rings (SSSR count). The SMILES string of the molecule is CCCCC(=O)SCC[N+](CCC)(CCCC)CCCC(C)C(=O)SCC[N+](CC)(CC)CC. The fourth-order valence-corrected chi connectivity index (χ4v) is 6.94. The van der Waals surface area contributed by atoms with Crippen LogP contribution in [-0.4, -0.2) is 83.1 Å². The Morgan fingerprint density at radius 1 is 0.647 bits per heavy atom. The predicted molar refractivity (Wildman–Crippen MR) is 155 cm³/mol. The van der Waals surface area contributed by atoms with Gasteiger partial charge in [0.05, 0.1) is 63.9 Å². The lowest BCUT2D eigenvalue weighted by Crippen LogP contribution is -2.51. The van der Waals surface area contributed by atoms with E-state index in [0.717, 1.165) is 91.8 Å². The summed E-state index contributed by atoms with van der Waals surface area (Å²) in [6.45, 7) is 24.8. The van der Waals surface area contributed by atoms with Crippen molar-refractivity contribution >= 4 is 33.8 Å². The predicted octanol–water partition coefficient (Wildman–Crippen LogP) is 7.02. The molecule has 0 saturated carbocycles. The number of nitrogens with zero attached hydrogens (tertiary/aromatic N) is 2. The molecule has 0 fully saturated rings. The normalized spacial score (nSPS) is 14.7. The zero-order chi connectivity index (χ0) is 25.9. The average molecular weight is 519 g/mol. The van der Waals surface area contributed by atoms with Crippen molar-refractivity contribution in [2.24, 2.45) is 5.92 Å². The van der Waals surface area contributed by atoms with Gasteiger partial charge < -0.3 is 8.97 Å². The molecule has 2 atom stereocenters. The molecular weight excluding hydrogens is 460 g/mol. The minimum atomic E-state index is 0.136. The fourth-order valence-electron chi connectivity index (χ4n) is 4.86. The smallest absolute Gasteiger partial charge is 0.191 e. The first-order chi connectivity index (χ1) is 16.3. The third kappa shape index (κ3) is 13.9. The van der Waals surface area contributed by atoms with Gasteiger partial charge in [0.15, 0.2) is 10.2 Å². The van der Waals surface area contributed by atoms with Crippen LogP contribution in [0.4, 0.5) is 0 Å². The van der Waals surface area contributed by atoms with Crippen LogP contribution in [0.1, 0.15) is 99.8 Å². The molecule has 2 unspecified atom stereocenters. The number of quaternary nitrogens is 2. The molecule has 6 heteroatoms. The van der Waals surface area contributed by atoms with E-state index in [1.54, 1.807) is 23.5 Å². The van der Waals surface area contributed by atoms with E-state index in [9.17, 15) is 9.59 Å². The van der Waals surface area contributed by atoms with Gasteiger partial charge in [-0.2, -0.15) is 0 Å². The Kier molecular flexibility index (Phi) is 20.0. The molecule has 0 radical (unpaired) electrons. The molecule has 0 spiro atoms.